The van der Waals surface area contributed by atoms with Crippen LogP contribution in [0.5, 0.6) is 0 Å². The molecule has 0 radical (unpaired) electrons. The van der Waals surface area contributed by atoms with Crippen LogP contribution in [0.15, 0.2) is 0 Å². The Bertz CT molecular complexity index is 197. The third-order valence-electron chi connectivity index (χ3n) is 1.92. The second kappa shape index (κ2) is 4.01. The van der Waals surface area contributed by atoms with Crippen molar-refractivity contribution in [2.45, 2.75) is 31.5 Å². The van der Waals surface area contributed by atoms with Gasteiger partial charge in [0.1, 0.15) is 18.2 Å². The summed E-state index contributed by atoms with van der Waals surface area (Å²) >= 11 is 0. The van der Waals surface area contributed by atoms with E-state index in [0.29, 0.717) is 0 Å². The van der Waals surface area contributed by atoms with E-state index < -0.39 is 31.1 Å². The Morgan fingerprint density at radius 2 is 2.15 bits per heavy atom. The largest absolute Gasteiger partial charge is 0.394 e. The molecule has 0 spiro atoms. The van der Waals surface area contributed by atoms with Gasteiger partial charge in [-0.25, -0.2) is 0 Å². The fourth-order valence-corrected chi connectivity index (χ4v) is 1.29. The summed E-state index contributed by atoms with van der Waals surface area (Å²) in [6, 6.07) is -0.866. The van der Waals surface area contributed by atoms with Gasteiger partial charge in [-0.15, -0.1) is 0 Å². The number of nitrogens with one attached hydrogen (secondary N) is 1. The lowest BCUT2D eigenvalue weighted by Crippen LogP contribution is -2.47. The van der Waals surface area contributed by atoms with Gasteiger partial charge in [-0.3, -0.25) is 4.79 Å². The first-order valence-corrected chi connectivity index (χ1v) is 3.96. The zero-order valence-corrected chi connectivity index (χ0v) is 7.17. The van der Waals surface area contributed by atoms with Crippen LogP contribution in [-0.4, -0.2) is 52.4 Å². The number of carbonyl (C=O) groups is 1. The first-order valence-electron chi connectivity index (χ1n) is 3.96. The molecule has 76 valence electrons. The summed E-state index contributed by atoms with van der Waals surface area (Å²) in [4.78, 5) is 10.6. The molecule has 1 heterocycles. The molecular weight excluding hydrogens is 178 g/mol. The average molecular weight is 191 g/mol. The molecule has 0 bridgehead atoms. The highest BCUT2D eigenvalue weighted by molar-refractivity contribution is 5.73. The van der Waals surface area contributed by atoms with Crippen molar-refractivity contribution < 1.29 is 24.9 Å². The third kappa shape index (κ3) is 2.16. The van der Waals surface area contributed by atoms with Crippen molar-refractivity contribution in [3.05, 3.63) is 0 Å². The SMILES string of the molecule is CC(=O)N[C@@H]1[C@@H](O)[C@H](CO)O[C@@H]1O. The fraction of sp³-hybridized carbons (Fsp3) is 0.857. The first-order chi connectivity index (χ1) is 6.06. The minimum atomic E-state index is -1.27. The van der Waals surface area contributed by atoms with Crippen LogP contribution in [0.4, 0.5) is 0 Å². The van der Waals surface area contributed by atoms with Crippen LogP contribution in [0.2, 0.25) is 0 Å². The number of amides is 1. The molecule has 1 aliphatic rings. The van der Waals surface area contributed by atoms with Crippen molar-refractivity contribution in [1.29, 1.82) is 0 Å². The van der Waals surface area contributed by atoms with Crippen LogP contribution in [0, 0.1) is 0 Å². The lowest BCUT2D eigenvalue weighted by Gasteiger charge is -2.17. The van der Waals surface area contributed by atoms with Crippen LogP contribution >= 0.6 is 0 Å². The maximum absolute atomic E-state index is 10.6. The smallest absolute Gasteiger partial charge is 0.217 e. The summed E-state index contributed by atoms with van der Waals surface area (Å²) < 4.78 is 4.78. The molecule has 13 heavy (non-hydrogen) atoms. The summed E-state index contributed by atoms with van der Waals surface area (Å²) in [6.07, 6.45) is -3.19. The second-order valence-corrected chi connectivity index (χ2v) is 2.96. The van der Waals surface area contributed by atoms with E-state index in [1.54, 1.807) is 0 Å². The van der Waals surface area contributed by atoms with Gasteiger partial charge in [-0.05, 0) is 0 Å². The van der Waals surface area contributed by atoms with Crippen molar-refractivity contribution in [2.75, 3.05) is 6.61 Å². The highest BCUT2D eigenvalue weighted by Gasteiger charge is 2.42. The maximum Gasteiger partial charge on any atom is 0.217 e. The highest BCUT2D eigenvalue weighted by Crippen LogP contribution is 2.18. The van der Waals surface area contributed by atoms with E-state index in [4.69, 9.17) is 9.84 Å². The van der Waals surface area contributed by atoms with E-state index in [1.165, 1.54) is 6.92 Å². The van der Waals surface area contributed by atoms with Crippen LogP contribution in [0.3, 0.4) is 0 Å². The normalized spacial score (nSPS) is 39.1. The Morgan fingerprint density at radius 3 is 2.54 bits per heavy atom. The van der Waals surface area contributed by atoms with E-state index in [2.05, 4.69) is 5.32 Å². The quantitative estimate of drug-likeness (QED) is 0.388. The van der Waals surface area contributed by atoms with Gasteiger partial charge in [-0.1, -0.05) is 0 Å². The van der Waals surface area contributed by atoms with Gasteiger partial charge in [0.25, 0.3) is 0 Å². The van der Waals surface area contributed by atoms with Gasteiger partial charge >= 0.3 is 0 Å². The molecule has 0 aromatic rings. The monoisotopic (exact) mass is 191 g/mol. The van der Waals surface area contributed by atoms with E-state index in [-0.39, 0.29) is 5.91 Å². The number of carbonyl (C=O) groups excluding carboxylic acids is 1. The van der Waals surface area contributed by atoms with Gasteiger partial charge in [0.05, 0.1) is 6.61 Å². The van der Waals surface area contributed by atoms with Crippen LogP contribution < -0.4 is 5.32 Å². The lowest BCUT2D eigenvalue weighted by atomic mass is 10.1. The molecular formula is C7H13NO5. The van der Waals surface area contributed by atoms with Crippen LogP contribution in [0.1, 0.15) is 6.92 Å². The van der Waals surface area contributed by atoms with Gasteiger partial charge in [0.2, 0.25) is 5.91 Å². The summed E-state index contributed by atoms with van der Waals surface area (Å²) in [5.41, 5.74) is 0. The second-order valence-electron chi connectivity index (χ2n) is 2.96. The molecule has 0 aliphatic carbocycles. The van der Waals surface area contributed by atoms with Crippen molar-refractivity contribution >= 4 is 5.91 Å². The zero-order valence-electron chi connectivity index (χ0n) is 7.17. The number of hydrogen-bond donors (Lipinski definition) is 4. The number of ether oxygens (including phenoxy) is 1. The number of hydrogen-bond acceptors (Lipinski definition) is 5. The summed E-state index contributed by atoms with van der Waals surface area (Å²) in [5, 5.41) is 29.6. The lowest BCUT2D eigenvalue weighted by molar-refractivity contribution is -0.127. The first kappa shape index (κ1) is 10.4. The van der Waals surface area contributed by atoms with Gasteiger partial charge in [-0.2, -0.15) is 0 Å². The Morgan fingerprint density at radius 1 is 1.54 bits per heavy atom. The minimum Gasteiger partial charge on any atom is -0.394 e. The van der Waals surface area contributed by atoms with Crippen LogP contribution in [0.25, 0.3) is 0 Å². The highest BCUT2D eigenvalue weighted by atomic mass is 16.6. The molecule has 1 rings (SSSR count). The number of aliphatic hydroxyl groups is 3. The minimum absolute atomic E-state index is 0.370. The Kier molecular flexibility index (Phi) is 3.21. The molecule has 0 aromatic carbocycles. The zero-order chi connectivity index (χ0) is 10.0. The van der Waals surface area contributed by atoms with E-state index in [9.17, 15) is 15.0 Å². The Labute approximate surface area is 75.1 Å². The molecule has 4 atom stereocenters. The molecule has 4 N–H and O–H groups in total. The summed E-state index contributed by atoms with van der Waals surface area (Å²) in [5.74, 6) is -0.370. The van der Waals surface area contributed by atoms with Gasteiger partial charge in [0.15, 0.2) is 6.29 Å². The predicted molar refractivity (Wildman–Crippen MR) is 41.6 cm³/mol. The summed E-state index contributed by atoms with van der Waals surface area (Å²) in [6.45, 7) is 0.875. The average Bonchev–Trinajstić information content (AvgIpc) is 2.31. The van der Waals surface area contributed by atoms with Crippen molar-refractivity contribution in [1.82, 2.24) is 5.32 Å². The predicted octanol–water partition coefficient (Wildman–Crippen LogP) is -2.44. The number of aliphatic hydroxyl groups excluding tert-OH is 3. The molecule has 1 amide bonds. The molecule has 0 saturated carbocycles. The van der Waals surface area contributed by atoms with Gasteiger partial charge < -0.3 is 25.4 Å². The van der Waals surface area contributed by atoms with Crippen molar-refractivity contribution in [2.24, 2.45) is 0 Å². The number of rotatable bonds is 2. The summed E-state index contributed by atoms with van der Waals surface area (Å²) in [7, 11) is 0. The van der Waals surface area contributed by atoms with Crippen LogP contribution in [-0.2, 0) is 9.53 Å². The van der Waals surface area contributed by atoms with Crippen molar-refractivity contribution in [3.8, 4) is 0 Å². The Balaban J connectivity index is 2.58. The topological polar surface area (TPSA) is 99.0 Å². The van der Waals surface area contributed by atoms with E-state index >= 15 is 0 Å². The standard InChI is InChI=1S/C7H13NO5/c1-3(10)8-5-6(11)4(2-9)13-7(5)12/h4-7,9,11-12H,2H2,1H3,(H,8,10)/t4-,5+,6-,7-/m0/s1. The van der Waals surface area contributed by atoms with E-state index in [0.717, 1.165) is 0 Å². The molecule has 1 fully saturated rings. The molecule has 0 unspecified atom stereocenters. The molecule has 0 aromatic heterocycles. The maximum atomic E-state index is 10.6. The Hall–Kier alpha value is -0.690. The van der Waals surface area contributed by atoms with Gasteiger partial charge in [0, 0.05) is 6.92 Å². The fourth-order valence-electron chi connectivity index (χ4n) is 1.29. The molecule has 6 nitrogen and oxygen atoms in total. The van der Waals surface area contributed by atoms with E-state index in [1.807, 2.05) is 0 Å². The van der Waals surface area contributed by atoms with Crippen molar-refractivity contribution in [3.63, 3.8) is 0 Å². The molecule has 1 aliphatic heterocycles. The molecule has 6 heteroatoms. The molecule has 1 saturated heterocycles. The third-order valence-corrected chi connectivity index (χ3v) is 1.92.